The predicted molar refractivity (Wildman–Crippen MR) is 87.2 cm³/mol. The lowest BCUT2D eigenvalue weighted by Gasteiger charge is -2.24. The van der Waals surface area contributed by atoms with Crippen molar-refractivity contribution in [2.75, 3.05) is 7.05 Å². The smallest absolute Gasteiger partial charge is 0.395 e. The lowest BCUT2D eigenvalue weighted by atomic mass is 10.1. The van der Waals surface area contributed by atoms with Crippen molar-refractivity contribution >= 4 is 11.8 Å². The second-order valence-corrected chi connectivity index (χ2v) is 5.42. The fourth-order valence-electron chi connectivity index (χ4n) is 2.36. The van der Waals surface area contributed by atoms with Crippen molar-refractivity contribution < 1.29 is 14.1 Å². The molecule has 0 saturated carbocycles. The summed E-state index contributed by atoms with van der Waals surface area (Å²) in [6, 6.07) is 9.73. The van der Waals surface area contributed by atoms with Crippen LogP contribution < -0.4 is 0 Å². The average molecular weight is 341 g/mol. The summed E-state index contributed by atoms with van der Waals surface area (Å²) < 4.78 is 6.60. The highest BCUT2D eigenvalue weighted by atomic mass is 16.6. The number of benzene rings is 1. The minimum atomic E-state index is -0.678. The van der Waals surface area contributed by atoms with Crippen molar-refractivity contribution in [3.05, 3.63) is 70.5 Å². The number of aromatic nitrogens is 3. The highest BCUT2D eigenvalue weighted by molar-refractivity contribution is 5.91. The number of carbonyl (C=O) groups is 1. The molecule has 0 aliphatic carbocycles. The first-order valence-electron chi connectivity index (χ1n) is 7.43. The fourth-order valence-corrected chi connectivity index (χ4v) is 2.36. The molecule has 0 fully saturated rings. The van der Waals surface area contributed by atoms with Gasteiger partial charge in [-0.2, -0.15) is 5.10 Å². The minimum absolute atomic E-state index is 0.0692. The molecule has 9 heteroatoms. The summed E-state index contributed by atoms with van der Waals surface area (Å²) in [6.07, 6.45) is 3.05. The van der Waals surface area contributed by atoms with Crippen LogP contribution in [0, 0.1) is 10.1 Å². The molecule has 0 aliphatic rings. The van der Waals surface area contributed by atoms with Gasteiger partial charge in [-0.15, -0.1) is 0 Å². The summed E-state index contributed by atoms with van der Waals surface area (Å²) in [5.41, 5.74) is 1.75. The van der Waals surface area contributed by atoms with E-state index in [-0.39, 0.29) is 11.8 Å². The quantitative estimate of drug-likeness (QED) is 0.521. The zero-order valence-electron chi connectivity index (χ0n) is 13.6. The Bertz CT molecular complexity index is 886. The van der Waals surface area contributed by atoms with Crippen LogP contribution in [0.1, 0.15) is 29.1 Å². The maximum absolute atomic E-state index is 12.4. The maximum Gasteiger partial charge on any atom is 0.433 e. The first-order valence-corrected chi connectivity index (χ1v) is 7.43. The first-order chi connectivity index (χ1) is 12.0. The van der Waals surface area contributed by atoms with Crippen molar-refractivity contribution in [1.29, 1.82) is 0 Å². The van der Waals surface area contributed by atoms with E-state index in [1.54, 1.807) is 18.1 Å². The van der Waals surface area contributed by atoms with Crippen molar-refractivity contribution in [3.63, 3.8) is 0 Å². The highest BCUT2D eigenvalue weighted by Crippen LogP contribution is 2.24. The molecule has 1 amide bonds. The van der Waals surface area contributed by atoms with Gasteiger partial charge in [0.05, 0.1) is 17.8 Å². The number of amides is 1. The van der Waals surface area contributed by atoms with E-state index in [9.17, 15) is 14.9 Å². The van der Waals surface area contributed by atoms with Crippen molar-refractivity contribution in [1.82, 2.24) is 19.7 Å². The van der Waals surface area contributed by atoms with Crippen LogP contribution in [0.25, 0.3) is 5.69 Å². The standard InChI is InChI=1S/C16H15N5O4/c1-11(12-3-5-13(6-4-12)20-10-17-9-18-20)19(2)16(22)14-7-8-15(25-14)21(23)24/h3-11H,1-2H3/t11-/m1/s1. The Kier molecular flexibility index (Phi) is 4.29. The van der Waals surface area contributed by atoms with Gasteiger partial charge >= 0.3 is 5.88 Å². The average Bonchev–Trinajstić information content (AvgIpc) is 3.31. The number of nitrogens with zero attached hydrogens (tertiary/aromatic N) is 5. The number of nitro groups is 1. The molecule has 0 aliphatic heterocycles. The molecule has 3 aromatic rings. The second kappa shape index (κ2) is 6.56. The SMILES string of the molecule is C[C@H](c1ccc(-n2cncn2)cc1)N(C)C(=O)c1ccc([N+](=O)[O-])o1. The van der Waals surface area contributed by atoms with Crippen molar-refractivity contribution in [2.24, 2.45) is 0 Å². The number of carbonyl (C=O) groups excluding carboxylic acids is 1. The monoisotopic (exact) mass is 341 g/mol. The molecule has 2 heterocycles. The normalized spacial score (nSPS) is 11.9. The zero-order valence-corrected chi connectivity index (χ0v) is 13.6. The molecule has 0 bridgehead atoms. The van der Waals surface area contributed by atoms with Crippen LogP contribution in [0.3, 0.4) is 0 Å². The second-order valence-electron chi connectivity index (χ2n) is 5.42. The summed E-state index contributed by atoms with van der Waals surface area (Å²) in [4.78, 5) is 27.8. The minimum Gasteiger partial charge on any atom is -0.395 e. The molecule has 1 aromatic carbocycles. The van der Waals surface area contributed by atoms with Crippen molar-refractivity contribution in [2.45, 2.75) is 13.0 Å². The highest BCUT2D eigenvalue weighted by Gasteiger charge is 2.24. The van der Waals surface area contributed by atoms with Gasteiger partial charge in [0.15, 0.2) is 5.76 Å². The molecular weight excluding hydrogens is 326 g/mol. The van der Waals surface area contributed by atoms with Crippen LogP contribution in [0.2, 0.25) is 0 Å². The Balaban J connectivity index is 1.75. The van der Waals surface area contributed by atoms with E-state index < -0.39 is 16.7 Å². The Morgan fingerprint density at radius 2 is 2.00 bits per heavy atom. The molecular formula is C16H15N5O4. The Morgan fingerprint density at radius 1 is 1.28 bits per heavy atom. The van der Waals surface area contributed by atoms with Crippen LogP contribution in [-0.4, -0.2) is 37.5 Å². The third-order valence-corrected chi connectivity index (χ3v) is 3.94. The molecule has 2 aromatic heterocycles. The molecule has 128 valence electrons. The van der Waals surface area contributed by atoms with Gasteiger partial charge in [-0.1, -0.05) is 12.1 Å². The molecule has 0 spiro atoms. The summed E-state index contributed by atoms with van der Waals surface area (Å²) in [6.45, 7) is 1.86. The number of rotatable bonds is 5. The molecule has 0 saturated heterocycles. The Morgan fingerprint density at radius 3 is 2.56 bits per heavy atom. The first kappa shape index (κ1) is 16.4. The van der Waals surface area contributed by atoms with Gasteiger partial charge in [-0.25, -0.2) is 9.67 Å². The predicted octanol–water partition coefficient (Wildman–Crippen LogP) is 2.60. The van der Waals surface area contributed by atoms with E-state index >= 15 is 0 Å². The summed E-state index contributed by atoms with van der Waals surface area (Å²) in [5.74, 6) is -0.956. The van der Waals surface area contributed by atoms with Gasteiger partial charge in [-0.3, -0.25) is 14.9 Å². The summed E-state index contributed by atoms with van der Waals surface area (Å²) >= 11 is 0. The number of hydrogen-bond acceptors (Lipinski definition) is 6. The molecule has 9 nitrogen and oxygen atoms in total. The third kappa shape index (κ3) is 3.25. The van der Waals surface area contributed by atoms with Gasteiger partial charge in [0.2, 0.25) is 0 Å². The molecule has 0 unspecified atom stereocenters. The lowest BCUT2D eigenvalue weighted by Crippen LogP contribution is -2.29. The van der Waals surface area contributed by atoms with Crippen LogP contribution in [0.5, 0.6) is 0 Å². The van der Waals surface area contributed by atoms with Crippen LogP contribution in [0.15, 0.2) is 53.5 Å². The lowest BCUT2D eigenvalue weighted by molar-refractivity contribution is -0.402. The van der Waals surface area contributed by atoms with E-state index in [4.69, 9.17) is 4.42 Å². The fraction of sp³-hybridized carbons (Fsp3) is 0.188. The van der Waals surface area contributed by atoms with E-state index in [1.807, 2.05) is 31.2 Å². The van der Waals surface area contributed by atoms with Gasteiger partial charge in [0.1, 0.15) is 17.6 Å². The topological polar surface area (TPSA) is 107 Å². The van der Waals surface area contributed by atoms with E-state index in [0.717, 1.165) is 11.3 Å². The number of hydrogen-bond donors (Lipinski definition) is 0. The van der Waals surface area contributed by atoms with Crippen molar-refractivity contribution in [3.8, 4) is 5.69 Å². The van der Waals surface area contributed by atoms with Crippen LogP contribution in [-0.2, 0) is 0 Å². The van der Waals surface area contributed by atoms with Gasteiger partial charge in [-0.05, 0) is 30.7 Å². The third-order valence-electron chi connectivity index (χ3n) is 3.94. The van der Waals surface area contributed by atoms with Crippen LogP contribution >= 0.6 is 0 Å². The molecule has 0 radical (unpaired) electrons. The largest absolute Gasteiger partial charge is 0.433 e. The summed E-state index contributed by atoms with van der Waals surface area (Å²) in [7, 11) is 1.62. The Labute approximate surface area is 142 Å². The maximum atomic E-state index is 12.4. The van der Waals surface area contributed by atoms with Crippen LogP contribution in [0.4, 0.5) is 5.88 Å². The van der Waals surface area contributed by atoms with Gasteiger partial charge < -0.3 is 9.32 Å². The van der Waals surface area contributed by atoms with Gasteiger partial charge in [0, 0.05) is 7.05 Å². The number of furan rings is 1. The molecule has 3 rings (SSSR count). The molecule has 25 heavy (non-hydrogen) atoms. The molecule has 0 N–H and O–H groups in total. The Hall–Kier alpha value is -3.49. The van der Waals surface area contributed by atoms with E-state index in [1.165, 1.54) is 23.4 Å². The zero-order chi connectivity index (χ0) is 18.0. The molecule has 1 atom stereocenters. The van der Waals surface area contributed by atoms with Gasteiger partial charge in [0.25, 0.3) is 5.91 Å². The van der Waals surface area contributed by atoms with E-state index in [2.05, 4.69) is 10.1 Å². The summed E-state index contributed by atoms with van der Waals surface area (Å²) in [5, 5.41) is 14.7. The van der Waals surface area contributed by atoms with E-state index in [0.29, 0.717) is 0 Å².